The molecule has 0 fully saturated rings. The van der Waals surface area contributed by atoms with Gasteiger partial charge in [-0.25, -0.2) is 0 Å². The second-order valence-electron chi connectivity index (χ2n) is 16.5. The topological polar surface area (TPSA) is 8.17 Å². The van der Waals surface area contributed by atoms with Crippen molar-refractivity contribution in [3.05, 3.63) is 255 Å². The molecule has 0 bridgehead atoms. The van der Waals surface area contributed by atoms with Crippen molar-refractivity contribution < 1.29 is 0 Å². The summed E-state index contributed by atoms with van der Waals surface area (Å²) in [6.45, 7) is 0. The SMILES string of the molecule is c1ccc(-c2ccc(N(c3ccc(-c4ccccc4-n4c5ccccc5c5c6ccccc6ccc54)cc3)c3ccc(-c4cccc5ccccc45)c(-c4ccccc4)c3)cc2)cc1. The fraction of sp³-hybridized carbons (Fsp3) is 0. The second-order valence-corrected chi connectivity index (χ2v) is 16.5. The van der Waals surface area contributed by atoms with Crippen LogP contribution < -0.4 is 4.90 Å². The Hall–Kier alpha value is -8.46. The molecule has 0 aliphatic rings. The lowest BCUT2D eigenvalue weighted by molar-refractivity contribution is 1.18. The molecule has 11 aromatic carbocycles. The number of nitrogens with zero attached hydrogens (tertiary/aromatic N) is 2. The van der Waals surface area contributed by atoms with Crippen LogP contribution in [0, 0.1) is 0 Å². The van der Waals surface area contributed by atoms with Crippen molar-refractivity contribution in [1.82, 2.24) is 4.57 Å². The number of rotatable bonds is 8. The lowest BCUT2D eigenvalue weighted by atomic mass is 9.90. The fourth-order valence-corrected chi connectivity index (χ4v) is 9.81. The maximum atomic E-state index is 2.45. The van der Waals surface area contributed by atoms with Crippen molar-refractivity contribution in [2.75, 3.05) is 4.90 Å². The largest absolute Gasteiger partial charge is 0.310 e. The number of aromatic nitrogens is 1. The summed E-state index contributed by atoms with van der Waals surface area (Å²) < 4.78 is 2.45. The van der Waals surface area contributed by atoms with Crippen molar-refractivity contribution in [3.8, 4) is 50.2 Å². The third-order valence-corrected chi connectivity index (χ3v) is 12.8. The maximum absolute atomic E-state index is 2.45. The molecule has 0 aliphatic heterocycles. The van der Waals surface area contributed by atoms with Gasteiger partial charge in [0.2, 0.25) is 0 Å². The van der Waals surface area contributed by atoms with Crippen LogP contribution in [0.25, 0.3) is 93.5 Å². The van der Waals surface area contributed by atoms with Gasteiger partial charge in [0, 0.05) is 33.4 Å². The first kappa shape index (κ1) is 37.3. The highest BCUT2D eigenvalue weighted by Crippen LogP contribution is 2.44. The summed E-state index contributed by atoms with van der Waals surface area (Å²) in [5, 5.41) is 7.54. The van der Waals surface area contributed by atoms with E-state index in [4.69, 9.17) is 0 Å². The van der Waals surface area contributed by atoms with Crippen LogP contribution in [0.3, 0.4) is 0 Å². The van der Waals surface area contributed by atoms with Crippen molar-refractivity contribution in [1.29, 1.82) is 0 Å². The molecule has 0 spiro atoms. The van der Waals surface area contributed by atoms with E-state index in [0.717, 1.165) is 28.3 Å². The number of hydrogen-bond acceptors (Lipinski definition) is 1. The van der Waals surface area contributed by atoms with Crippen molar-refractivity contribution in [3.63, 3.8) is 0 Å². The van der Waals surface area contributed by atoms with Gasteiger partial charge in [-0.2, -0.15) is 0 Å². The summed E-state index contributed by atoms with van der Waals surface area (Å²) in [7, 11) is 0. The molecular weight excluding hydrogens is 773 g/mol. The van der Waals surface area contributed by atoms with Crippen LogP contribution in [0.15, 0.2) is 255 Å². The third-order valence-electron chi connectivity index (χ3n) is 12.8. The van der Waals surface area contributed by atoms with Crippen LogP contribution in [0.1, 0.15) is 0 Å². The number of benzene rings is 11. The molecule has 12 aromatic rings. The molecule has 300 valence electrons. The Labute approximate surface area is 373 Å². The molecule has 1 aromatic heterocycles. The smallest absolute Gasteiger partial charge is 0.0547 e. The van der Waals surface area contributed by atoms with E-state index in [0.29, 0.717) is 0 Å². The molecule has 0 N–H and O–H groups in total. The molecule has 0 saturated carbocycles. The predicted octanol–water partition coefficient (Wildman–Crippen LogP) is 17.2. The van der Waals surface area contributed by atoms with Crippen molar-refractivity contribution in [2.24, 2.45) is 0 Å². The van der Waals surface area contributed by atoms with Crippen molar-refractivity contribution >= 4 is 60.4 Å². The highest BCUT2D eigenvalue weighted by atomic mass is 15.1. The van der Waals surface area contributed by atoms with Crippen LogP contribution in [0.4, 0.5) is 17.1 Å². The summed E-state index contributed by atoms with van der Waals surface area (Å²) >= 11 is 0. The Balaban J connectivity index is 1.01. The zero-order valence-corrected chi connectivity index (χ0v) is 35.1. The van der Waals surface area contributed by atoms with Crippen LogP contribution in [-0.4, -0.2) is 4.57 Å². The molecule has 0 radical (unpaired) electrons. The van der Waals surface area contributed by atoms with Gasteiger partial charge in [-0.05, 0) is 115 Å². The summed E-state index contributed by atoms with van der Waals surface area (Å²) in [5.41, 5.74) is 16.3. The second kappa shape index (κ2) is 15.8. The van der Waals surface area contributed by atoms with Crippen LogP contribution in [0.5, 0.6) is 0 Å². The molecule has 64 heavy (non-hydrogen) atoms. The van der Waals surface area contributed by atoms with E-state index in [1.807, 2.05) is 0 Å². The van der Waals surface area contributed by atoms with Gasteiger partial charge in [-0.3, -0.25) is 0 Å². The van der Waals surface area contributed by atoms with Gasteiger partial charge in [0.15, 0.2) is 0 Å². The van der Waals surface area contributed by atoms with E-state index in [-0.39, 0.29) is 0 Å². The fourth-order valence-electron chi connectivity index (χ4n) is 9.81. The third kappa shape index (κ3) is 6.44. The Morgan fingerprint density at radius 2 is 0.781 bits per heavy atom. The van der Waals surface area contributed by atoms with Gasteiger partial charge in [0.25, 0.3) is 0 Å². The first-order valence-electron chi connectivity index (χ1n) is 22.0. The molecule has 2 nitrogen and oxygen atoms in total. The Bertz CT molecular complexity index is 3640. The summed E-state index contributed by atoms with van der Waals surface area (Å²) in [6.07, 6.45) is 0. The first-order chi connectivity index (χ1) is 31.8. The minimum absolute atomic E-state index is 1.08. The monoisotopic (exact) mass is 814 g/mol. The predicted molar refractivity (Wildman–Crippen MR) is 272 cm³/mol. The lowest BCUT2D eigenvalue weighted by Gasteiger charge is -2.27. The van der Waals surface area contributed by atoms with Crippen molar-refractivity contribution in [2.45, 2.75) is 0 Å². The molecule has 0 amide bonds. The van der Waals surface area contributed by atoms with Gasteiger partial charge in [-0.15, -0.1) is 0 Å². The average molecular weight is 815 g/mol. The number of anilines is 3. The summed E-state index contributed by atoms with van der Waals surface area (Å²) in [5.74, 6) is 0. The van der Waals surface area contributed by atoms with Gasteiger partial charge < -0.3 is 9.47 Å². The van der Waals surface area contributed by atoms with E-state index >= 15 is 0 Å². The number of para-hydroxylation sites is 2. The molecule has 0 aliphatic carbocycles. The maximum Gasteiger partial charge on any atom is 0.0547 e. The number of fused-ring (bicyclic) bond motifs is 6. The standard InChI is InChI=1S/C62H42N2/c1-3-16-43(17-4-1)44-30-35-49(36-31-44)63(51-39-40-56(58(42-51)46-18-5-2-6-19-46)55-27-15-22-45-20-7-9-23-52(45)55)50-37-32-48(33-38-50)53-24-11-13-28-59(53)64-60-29-14-12-26-57(60)62-54-25-10-8-21-47(54)34-41-61(62)64/h1-42H. The van der Waals surface area contributed by atoms with Gasteiger partial charge in [0.1, 0.15) is 0 Å². The first-order valence-corrected chi connectivity index (χ1v) is 22.0. The minimum Gasteiger partial charge on any atom is -0.310 e. The average Bonchev–Trinajstić information content (AvgIpc) is 3.72. The zero-order valence-electron chi connectivity index (χ0n) is 35.1. The van der Waals surface area contributed by atoms with E-state index in [1.54, 1.807) is 0 Å². The van der Waals surface area contributed by atoms with E-state index in [9.17, 15) is 0 Å². The Morgan fingerprint density at radius 1 is 0.266 bits per heavy atom. The normalized spacial score (nSPS) is 11.4. The van der Waals surface area contributed by atoms with Crippen LogP contribution in [0.2, 0.25) is 0 Å². The van der Waals surface area contributed by atoms with Gasteiger partial charge >= 0.3 is 0 Å². The Kier molecular flexibility index (Phi) is 9.20. The quantitative estimate of drug-likeness (QED) is 0.148. The van der Waals surface area contributed by atoms with E-state index in [2.05, 4.69) is 264 Å². The number of hydrogen-bond donors (Lipinski definition) is 0. The van der Waals surface area contributed by atoms with Crippen LogP contribution >= 0.6 is 0 Å². The highest BCUT2D eigenvalue weighted by Gasteiger charge is 2.20. The van der Waals surface area contributed by atoms with E-state index < -0.39 is 0 Å². The summed E-state index contributed by atoms with van der Waals surface area (Å²) in [4.78, 5) is 2.39. The molecule has 1 heterocycles. The van der Waals surface area contributed by atoms with Crippen LogP contribution in [-0.2, 0) is 0 Å². The lowest BCUT2D eigenvalue weighted by Crippen LogP contribution is -2.10. The zero-order chi connectivity index (χ0) is 42.4. The molecule has 0 saturated heterocycles. The molecular formula is C62H42N2. The molecule has 0 atom stereocenters. The minimum atomic E-state index is 1.08. The van der Waals surface area contributed by atoms with Gasteiger partial charge in [-0.1, -0.05) is 200 Å². The van der Waals surface area contributed by atoms with E-state index in [1.165, 1.54) is 82.3 Å². The Morgan fingerprint density at radius 3 is 1.53 bits per heavy atom. The molecule has 2 heteroatoms. The molecule has 0 unspecified atom stereocenters. The highest BCUT2D eigenvalue weighted by molar-refractivity contribution is 6.21. The summed E-state index contributed by atoms with van der Waals surface area (Å²) in [6, 6.07) is 92.6. The van der Waals surface area contributed by atoms with Gasteiger partial charge in [0.05, 0.1) is 16.7 Å². The molecule has 12 rings (SSSR count).